The fraction of sp³-hybridized carbons (Fsp3) is 0.476. The van der Waals surface area contributed by atoms with E-state index >= 15 is 0 Å². The molecule has 0 heterocycles. The Morgan fingerprint density at radius 2 is 1.43 bits per heavy atom. The number of unbranched alkanes of at least 4 members (excludes halogenated alkanes) is 4. The molecule has 0 saturated carbocycles. The Morgan fingerprint density at radius 3 is 2.16 bits per heavy atom. The molecule has 5 rings (SSSR count). The summed E-state index contributed by atoms with van der Waals surface area (Å²) < 4.78 is 0. The molecule has 0 amide bonds. The first-order valence-corrected chi connectivity index (χ1v) is 17.4. The summed E-state index contributed by atoms with van der Waals surface area (Å²) in [7, 11) is 0. The van der Waals surface area contributed by atoms with Crippen molar-refractivity contribution in [1.29, 1.82) is 0 Å². The van der Waals surface area contributed by atoms with E-state index in [9.17, 15) is 0 Å². The van der Waals surface area contributed by atoms with Crippen molar-refractivity contribution in [2.45, 2.75) is 105 Å². The molecule has 3 aromatic rings. The van der Waals surface area contributed by atoms with Gasteiger partial charge in [0.25, 0.3) is 0 Å². The van der Waals surface area contributed by atoms with Gasteiger partial charge in [-0.15, -0.1) is 0 Å². The van der Waals surface area contributed by atoms with Gasteiger partial charge in [0.2, 0.25) is 0 Å². The predicted octanol–water partition coefficient (Wildman–Crippen LogP) is 11.7. The van der Waals surface area contributed by atoms with Crippen molar-refractivity contribution in [3.63, 3.8) is 0 Å². The van der Waals surface area contributed by atoms with Gasteiger partial charge in [0, 0.05) is 34.2 Å². The fourth-order valence-electron chi connectivity index (χ4n) is 7.90. The Hall–Kier alpha value is -3.26. The maximum Gasteiger partial charge on any atom is 0.0550 e. The summed E-state index contributed by atoms with van der Waals surface area (Å²) in [5.74, 6) is 2.06. The summed E-state index contributed by atoms with van der Waals surface area (Å²) in [6.45, 7) is 16.6. The molecule has 2 aliphatic rings. The van der Waals surface area contributed by atoms with Gasteiger partial charge in [0.1, 0.15) is 0 Å². The van der Waals surface area contributed by atoms with Gasteiger partial charge in [0.15, 0.2) is 0 Å². The lowest BCUT2D eigenvalue weighted by molar-refractivity contribution is 0.205. The lowest BCUT2D eigenvalue weighted by Crippen LogP contribution is -2.46. The van der Waals surface area contributed by atoms with Crippen molar-refractivity contribution in [2.24, 2.45) is 23.7 Å². The van der Waals surface area contributed by atoms with Crippen LogP contribution in [0, 0.1) is 30.6 Å². The number of rotatable bonds is 11. The number of allylic oxidation sites excluding steroid dienone is 2. The molecule has 0 aromatic heterocycles. The van der Waals surface area contributed by atoms with Crippen LogP contribution in [0.25, 0.3) is 0 Å². The molecule has 0 fully saturated rings. The molecule has 0 radical (unpaired) electrons. The molecule has 2 heteroatoms. The zero-order valence-electron chi connectivity index (χ0n) is 28.5. The molecule has 3 aromatic carbocycles. The van der Waals surface area contributed by atoms with Crippen molar-refractivity contribution < 1.29 is 0 Å². The third-order valence-corrected chi connectivity index (χ3v) is 10.2. The molecule has 2 bridgehead atoms. The topological polar surface area (TPSA) is 6.48 Å². The van der Waals surface area contributed by atoms with Crippen LogP contribution >= 0.6 is 0 Å². The fourth-order valence-corrected chi connectivity index (χ4v) is 7.90. The molecule has 0 spiro atoms. The van der Waals surface area contributed by atoms with Crippen LogP contribution in [0.1, 0.15) is 91.2 Å². The van der Waals surface area contributed by atoms with Gasteiger partial charge in [-0.2, -0.15) is 0 Å². The number of para-hydroxylation sites is 1. The lowest BCUT2D eigenvalue weighted by Gasteiger charge is -2.47. The van der Waals surface area contributed by atoms with Gasteiger partial charge in [-0.25, -0.2) is 0 Å². The van der Waals surface area contributed by atoms with Crippen LogP contribution in [0.4, 0.5) is 17.1 Å². The molecule has 2 nitrogen and oxygen atoms in total. The molecule has 5 atom stereocenters. The minimum atomic E-state index is -0.0268. The van der Waals surface area contributed by atoms with Crippen LogP contribution in [-0.2, 0) is 6.42 Å². The number of nitrogens with zero attached hydrogens (tertiary/aromatic N) is 2. The van der Waals surface area contributed by atoms with E-state index in [4.69, 9.17) is 0 Å². The second-order valence-corrected chi connectivity index (χ2v) is 14.5. The number of fused-ring (bicyclic) bond motifs is 2. The van der Waals surface area contributed by atoms with Crippen LogP contribution < -0.4 is 9.80 Å². The summed E-state index contributed by atoms with van der Waals surface area (Å²) in [5, 5.41) is 0. The lowest BCUT2D eigenvalue weighted by atomic mass is 9.69. The molecule has 0 unspecified atom stereocenters. The molecule has 234 valence electrons. The van der Waals surface area contributed by atoms with Crippen LogP contribution in [0.5, 0.6) is 0 Å². The number of aryl methyl sites for hydroxylation is 2. The van der Waals surface area contributed by atoms with Crippen molar-refractivity contribution in [3.8, 4) is 0 Å². The zero-order valence-corrected chi connectivity index (χ0v) is 28.5. The van der Waals surface area contributed by atoms with Gasteiger partial charge in [0.05, 0.1) is 6.04 Å². The number of hydrogen-bond donors (Lipinski definition) is 0. The van der Waals surface area contributed by atoms with Crippen LogP contribution in [0.2, 0.25) is 0 Å². The van der Waals surface area contributed by atoms with Gasteiger partial charge in [-0.1, -0.05) is 107 Å². The smallest absolute Gasteiger partial charge is 0.0550 e. The monoisotopic (exact) mass is 588 g/mol. The van der Waals surface area contributed by atoms with E-state index in [0.717, 1.165) is 6.42 Å². The molecule has 44 heavy (non-hydrogen) atoms. The minimum Gasteiger partial charge on any atom is -0.340 e. The highest BCUT2D eigenvalue weighted by atomic mass is 15.2. The van der Waals surface area contributed by atoms with E-state index in [0.29, 0.717) is 23.7 Å². The summed E-state index contributed by atoms with van der Waals surface area (Å²) >= 11 is 0. The van der Waals surface area contributed by atoms with Crippen molar-refractivity contribution in [1.82, 2.24) is 0 Å². The molecular formula is C42H56N2. The maximum atomic E-state index is 2.66. The van der Waals surface area contributed by atoms with E-state index in [1.54, 1.807) is 0 Å². The quantitative estimate of drug-likeness (QED) is 0.162. The Labute approximate surface area is 268 Å². The Balaban J connectivity index is 1.48. The third kappa shape index (κ3) is 7.17. The largest absolute Gasteiger partial charge is 0.340 e. The second kappa shape index (κ2) is 14.2. The highest BCUT2D eigenvalue weighted by molar-refractivity contribution is 5.66. The van der Waals surface area contributed by atoms with E-state index in [-0.39, 0.29) is 11.6 Å². The SMILES string of the molecule is CCCCCCCc1cccc(N(C2=CC[C@H]3[C@H](C)[C@@H]2C=C[C@@H](N(c2ccccc2)c2cccc(C)c2)[C@H]3C)C(C)(C)C)c1. The first-order valence-electron chi connectivity index (χ1n) is 17.4. The van der Waals surface area contributed by atoms with Gasteiger partial charge in [-0.3, -0.25) is 0 Å². The third-order valence-electron chi connectivity index (χ3n) is 10.2. The summed E-state index contributed by atoms with van der Waals surface area (Å²) in [4.78, 5) is 5.25. The first kappa shape index (κ1) is 32.1. The highest BCUT2D eigenvalue weighted by Crippen LogP contribution is 2.48. The molecule has 0 N–H and O–H groups in total. The average molecular weight is 589 g/mol. The number of anilines is 3. The van der Waals surface area contributed by atoms with Crippen molar-refractivity contribution in [2.75, 3.05) is 9.80 Å². The average Bonchev–Trinajstić information content (AvgIpc) is 3.06. The van der Waals surface area contributed by atoms with Crippen molar-refractivity contribution in [3.05, 3.63) is 114 Å². The predicted molar refractivity (Wildman–Crippen MR) is 192 cm³/mol. The van der Waals surface area contributed by atoms with Crippen LogP contribution in [0.15, 0.2) is 103 Å². The summed E-state index contributed by atoms with van der Waals surface area (Å²) in [5.41, 5.74) is 8.10. The maximum absolute atomic E-state index is 2.66. The molecular weight excluding hydrogens is 532 g/mol. The normalized spacial score (nSPS) is 23.2. The van der Waals surface area contributed by atoms with Crippen LogP contribution in [0.3, 0.4) is 0 Å². The van der Waals surface area contributed by atoms with E-state index in [1.165, 1.54) is 72.4 Å². The van der Waals surface area contributed by atoms with E-state index < -0.39 is 0 Å². The van der Waals surface area contributed by atoms with E-state index in [2.05, 4.69) is 155 Å². The standard InChI is InChI=1S/C42H56N2/c1-8-9-10-11-13-19-34-20-17-24-37(30-34)44(42(5,6)7)41-28-25-38-32(3)39(41)26-27-40(33(38)4)43(35-21-14-12-15-22-35)36-23-16-18-31(2)29-36/h12,14-18,20-24,26-30,32-33,38-40H,8-11,13,19,25H2,1-7H3/t32-,33-,38-,39-,40+/m0/s1. The second-order valence-electron chi connectivity index (χ2n) is 14.5. The van der Waals surface area contributed by atoms with Crippen molar-refractivity contribution >= 4 is 17.1 Å². The Morgan fingerprint density at radius 1 is 0.727 bits per heavy atom. The molecule has 2 aliphatic carbocycles. The number of hydrogen-bond acceptors (Lipinski definition) is 2. The van der Waals surface area contributed by atoms with Gasteiger partial charge in [-0.05, 0) is 112 Å². The van der Waals surface area contributed by atoms with Crippen LogP contribution in [-0.4, -0.2) is 11.6 Å². The Kier molecular flexibility index (Phi) is 10.4. The molecule has 0 saturated heterocycles. The van der Waals surface area contributed by atoms with Gasteiger partial charge < -0.3 is 9.80 Å². The summed E-state index contributed by atoms with van der Waals surface area (Å²) in [6.07, 6.45) is 16.6. The first-order chi connectivity index (χ1) is 21.2. The minimum absolute atomic E-state index is 0.0268. The Bertz CT molecular complexity index is 1410. The molecule has 0 aliphatic heterocycles. The van der Waals surface area contributed by atoms with Gasteiger partial charge >= 0.3 is 0 Å². The van der Waals surface area contributed by atoms with E-state index in [1.807, 2.05) is 0 Å². The summed E-state index contributed by atoms with van der Waals surface area (Å²) in [6, 6.07) is 29.7. The zero-order chi connectivity index (χ0) is 31.3. The highest BCUT2D eigenvalue weighted by Gasteiger charge is 2.43. The number of benzene rings is 3.